The first-order valence-corrected chi connectivity index (χ1v) is 9.13. The second-order valence-electron chi connectivity index (χ2n) is 6.42. The number of para-hydroxylation sites is 1. The van der Waals surface area contributed by atoms with E-state index >= 15 is 0 Å². The van der Waals surface area contributed by atoms with Crippen molar-refractivity contribution in [3.8, 4) is 11.5 Å². The predicted octanol–water partition coefficient (Wildman–Crippen LogP) is 4.38. The first-order chi connectivity index (χ1) is 13.7. The quantitative estimate of drug-likeness (QED) is 0.717. The van der Waals surface area contributed by atoms with E-state index in [1.54, 1.807) is 30.3 Å². The van der Waals surface area contributed by atoms with E-state index in [1.807, 2.05) is 37.3 Å². The van der Waals surface area contributed by atoms with Crippen LogP contribution in [0.3, 0.4) is 0 Å². The number of amides is 1. The van der Waals surface area contributed by atoms with Crippen molar-refractivity contribution in [3.05, 3.63) is 83.8 Å². The van der Waals surface area contributed by atoms with Gasteiger partial charge in [0.05, 0.1) is 24.6 Å². The van der Waals surface area contributed by atoms with Gasteiger partial charge in [-0.2, -0.15) is 5.10 Å². The van der Waals surface area contributed by atoms with Gasteiger partial charge in [-0.3, -0.25) is 4.79 Å². The highest BCUT2D eigenvalue weighted by atomic mass is 16.5. The molecule has 1 N–H and O–H groups in total. The number of hydrogen-bond donors (Lipinski definition) is 1. The fourth-order valence-corrected chi connectivity index (χ4v) is 3.33. The number of phenols is 1. The molecule has 0 radical (unpaired) electrons. The highest BCUT2D eigenvalue weighted by molar-refractivity contribution is 6.06. The van der Waals surface area contributed by atoms with Crippen LogP contribution in [0.15, 0.2) is 76.4 Å². The van der Waals surface area contributed by atoms with Crippen molar-refractivity contribution in [2.24, 2.45) is 5.10 Å². The minimum atomic E-state index is -0.331. The minimum Gasteiger partial charge on any atom is -0.507 e. The van der Waals surface area contributed by atoms with Gasteiger partial charge in [0.25, 0.3) is 0 Å². The number of phenolic OH excluding ortho intramolecular Hbond substituents is 1. The second kappa shape index (κ2) is 7.60. The molecule has 1 aromatic heterocycles. The molecule has 142 valence electrons. The smallest absolute Gasteiger partial charge is 0.310 e. The first-order valence-electron chi connectivity index (χ1n) is 9.13. The van der Waals surface area contributed by atoms with E-state index in [0.29, 0.717) is 24.3 Å². The van der Waals surface area contributed by atoms with Crippen molar-refractivity contribution < 1.29 is 19.1 Å². The van der Waals surface area contributed by atoms with Crippen LogP contribution in [0.25, 0.3) is 0 Å². The summed E-state index contributed by atoms with van der Waals surface area (Å²) in [5.41, 5.74) is 2.16. The first kappa shape index (κ1) is 17.9. The number of furan rings is 1. The Labute approximate surface area is 162 Å². The Morgan fingerprint density at radius 1 is 1.21 bits per heavy atom. The number of nitrogens with zero attached hydrogens (tertiary/aromatic N) is 2. The van der Waals surface area contributed by atoms with Crippen LogP contribution in [0.1, 0.15) is 41.1 Å². The zero-order chi connectivity index (χ0) is 19.5. The number of hydrogen-bond acceptors (Lipinski definition) is 5. The largest absolute Gasteiger partial charge is 0.507 e. The Balaban J connectivity index is 1.73. The SMILES string of the molecule is CCOc1cccc([C@H]2CC(c3ccccc3O)=NN2C(=O)c2ccco2)c1. The molecule has 2 aromatic carbocycles. The fraction of sp³-hybridized carbons (Fsp3) is 0.182. The third-order valence-electron chi connectivity index (χ3n) is 4.62. The van der Waals surface area contributed by atoms with Crippen LogP contribution in [-0.4, -0.2) is 28.3 Å². The van der Waals surface area contributed by atoms with Crippen molar-refractivity contribution in [2.45, 2.75) is 19.4 Å². The summed E-state index contributed by atoms with van der Waals surface area (Å²) < 4.78 is 10.9. The molecule has 0 unspecified atom stereocenters. The molecule has 6 heteroatoms. The number of aromatic hydroxyl groups is 1. The maximum Gasteiger partial charge on any atom is 0.310 e. The number of hydrazone groups is 1. The van der Waals surface area contributed by atoms with Crippen LogP contribution in [0.5, 0.6) is 11.5 Å². The van der Waals surface area contributed by atoms with Gasteiger partial charge in [-0.15, -0.1) is 0 Å². The Morgan fingerprint density at radius 3 is 2.82 bits per heavy atom. The molecule has 1 aliphatic rings. The van der Waals surface area contributed by atoms with Crippen LogP contribution in [0.4, 0.5) is 0 Å². The van der Waals surface area contributed by atoms with Crippen molar-refractivity contribution in [3.63, 3.8) is 0 Å². The molecule has 0 bridgehead atoms. The summed E-state index contributed by atoms with van der Waals surface area (Å²) in [6.45, 7) is 2.48. The van der Waals surface area contributed by atoms with Crippen LogP contribution in [-0.2, 0) is 0 Å². The standard InChI is InChI=1S/C22H20N2O4/c1-2-27-16-8-5-7-15(13-16)19-14-18(17-9-3-4-10-20(17)25)23-24(19)22(26)21-11-6-12-28-21/h3-13,19,25H,2,14H2,1H3/t19-/m1/s1. The van der Waals surface area contributed by atoms with Gasteiger partial charge >= 0.3 is 5.91 Å². The zero-order valence-corrected chi connectivity index (χ0v) is 15.4. The van der Waals surface area contributed by atoms with Gasteiger partial charge in [0.15, 0.2) is 5.76 Å². The molecule has 0 saturated carbocycles. The maximum absolute atomic E-state index is 13.0. The normalized spacial score (nSPS) is 16.1. The third kappa shape index (κ3) is 3.36. The van der Waals surface area contributed by atoms with Gasteiger partial charge in [-0.05, 0) is 48.9 Å². The molecule has 1 aliphatic heterocycles. The summed E-state index contributed by atoms with van der Waals surface area (Å²) in [5, 5.41) is 16.2. The number of benzene rings is 2. The minimum absolute atomic E-state index is 0.135. The molecule has 1 atom stereocenters. The lowest BCUT2D eigenvalue weighted by Gasteiger charge is -2.21. The average molecular weight is 376 g/mol. The van der Waals surface area contributed by atoms with Crippen molar-refractivity contribution in [1.29, 1.82) is 0 Å². The molecule has 1 amide bonds. The topological polar surface area (TPSA) is 75.3 Å². The number of ether oxygens (including phenoxy) is 1. The molecule has 0 saturated heterocycles. The van der Waals surface area contributed by atoms with Crippen molar-refractivity contribution >= 4 is 11.6 Å². The molecule has 2 heterocycles. The molecule has 4 rings (SSSR count). The third-order valence-corrected chi connectivity index (χ3v) is 4.62. The van der Waals surface area contributed by atoms with Crippen LogP contribution in [0.2, 0.25) is 0 Å². The van der Waals surface area contributed by atoms with Gasteiger partial charge in [0.2, 0.25) is 0 Å². The van der Waals surface area contributed by atoms with Gasteiger partial charge in [0.1, 0.15) is 11.5 Å². The molecule has 0 aliphatic carbocycles. The molecule has 0 spiro atoms. The van der Waals surface area contributed by atoms with Crippen LogP contribution < -0.4 is 4.74 Å². The highest BCUT2D eigenvalue weighted by Crippen LogP contribution is 2.36. The Kier molecular flexibility index (Phi) is 4.85. The van der Waals surface area contributed by atoms with E-state index in [1.165, 1.54) is 11.3 Å². The zero-order valence-electron chi connectivity index (χ0n) is 15.4. The predicted molar refractivity (Wildman–Crippen MR) is 104 cm³/mol. The Hall–Kier alpha value is -3.54. The van der Waals surface area contributed by atoms with Crippen molar-refractivity contribution in [2.75, 3.05) is 6.61 Å². The summed E-state index contributed by atoms with van der Waals surface area (Å²) in [6.07, 6.45) is 1.93. The van der Waals surface area contributed by atoms with E-state index in [-0.39, 0.29) is 23.5 Å². The molecule has 3 aromatic rings. The Morgan fingerprint density at radius 2 is 2.07 bits per heavy atom. The van der Waals surface area contributed by atoms with E-state index < -0.39 is 0 Å². The van der Waals surface area contributed by atoms with Gasteiger partial charge in [0, 0.05) is 12.0 Å². The number of carbonyl (C=O) groups is 1. The van der Waals surface area contributed by atoms with E-state index in [2.05, 4.69) is 5.10 Å². The van der Waals surface area contributed by atoms with Crippen LogP contribution in [0, 0.1) is 0 Å². The van der Waals surface area contributed by atoms with Gasteiger partial charge < -0.3 is 14.3 Å². The second-order valence-corrected chi connectivity index (χ2v) is 6.42. The Bertz CT molecular complexity index is 1010. The number of rotatable bonds is 5. The van der Waals surface area contributed by atoms with E-state index in [4.69, 9.17) is 9.15 Å². The average Bonchev–Trinajstić information content (AvgIpc) is 3.39. The van der Waals surface area contributed by atoms with Crippen LogP contribution >= 0.6 is 0 Å². The highest BCUT2D eigenvalue weighted by Gasteiger charge is 2.35. The van der Waals surface area contributed by atoms with Gasteiger partial charge in [-0.1, -0.05) is 24.3 Å². The van der Waals surface area contributed by atoms with Crippen molar-refractivity contribution in [1.82, 2.24) is 5.01 Å². The van der Waals surface area contributed by atoms with E-state index in [9.17, 15) is 9.90 Å². The molecular weight excluding hydrogens is 356 g/mol. The molecule has 0 fully saturated rings. The summed E-state index contributed by atoms with van der Waals surface area (Å²) in [7, 11) is 0. The fourth-order valence-electron chi connectivity index (χ4n) is 3.33. The molecule has 28 heavy (non-hydrogen) atoms. The summed E-state index contributed by atoms with van der Waals surface area (Å²) in [6, 6.07) is 17.6. The lowest BCUT2D eigenvalue weighted by molar-refractivity contribution is 0.0678. The van der Waals surface area contributed by atoms with E-state index in [0.717, 1.165) is 11.3 Å². The summed E-state index contributed by atoms with van der Waals surface area (Å²) in [4.78, 5) is 13.0. The van der Waals surface area contributed by atoms with Gasteiger partial charge in [-0.25, -0.2) is 5.01 Å². The lowest BCUT2D eigenvalue weighted by Crippen LogP contribution is -2.26. The summed E-state index contributed by atoms with van der Waals surface area (Å²) >= 11 is 0. The lowest BCUT2D eigenvalue weighted by atomic mass is 9.97. The summed E-state index contributed by atoms with van der Waals surface area (Å²) in [5.74, 6) is 0.757. The molecule has 6 nitrogen and oxygen atoms in total. The monoisotopic (exact) mass is 376 g/mol. The number of carbonyl (C=O) groups excluding carboxylic acids is 1. The molecular formula is C22H20N2O4. The maximum atomic E-state index is 13.0.